The molecule has 1 amide bonds. The number of rotatable bonds is 4. The minimum Gasteiger partial charge on any atom is -0.480 e. The van der Waals surface area contributed by atoms with Crippen molar-refractivity contribution < 1.29 is 14.7 Å². The fourth-order valence-electron chi connectivity index (χ4n) is 1.54. The molecule has 0 aromatic heterocycles. The summed E-state index contributed by atoms with van der Waals surface area (Å²) in [5.74, 6) is -1.31. The molecule has 1 aromatic carbocycles. The maximum atomic E-state index is 11.4. The number of aliphatic carboxylic acids is 1. The minimum absolute atomic E-state index is 0.0874. The van der Waals surface area contributed by atoms with Crippen molar-refractivity contribution in [1.29, 1.82) is 0 Å². The van der Waals surface area contributed by atoms with E-state index in [1.165, 1.54) is 5.56 Å². The molecule has 0 atom stereocenters. The lowest BCUT2D eigenvalue weighted by molar-refractivity contribution is -0.137. The predicted octanol–water partition coefficient (Wildman–Crippen LogP) is 1.73. The van der Waals surface area contributed by atoms with Gasteiger partial charge in [-0.15, -0.1) is 0 Å². The first-order chi connectivity index (χ1) is 8.29. The van der Waals surface area contributed by atoms with Crippen molar-refractivity contribution in [2.45, 2.75) is 32.6 Å². The summed E-state index contributed by atoms with van der Waals surface area (Å²) in [5, 5.41) is 10.8. The Balaban J connectivity index is 2.59. The molecular formula is C14H19NO3. The standard InChI is InChI=1S/C14H19NO3/c1-14(2,3)11-6-4-10(5-7-11)8-12(16)15-9-13(17)18/h4-7H,8-9H2,1-3H3,(H,15,16)(H,17,18). The molecule has 0 heterocycles. The van der Waals surface area contributed by atoms with Crippen LogP contribution in [0.2, 0.25) is 0 Å². The summed E-state index contributed by atoms with van der Waals surface area (Å²) < 4.78 is 0. The lowest BCUT2D eigenvalue weighted by atomic mass is 9.86. The third-order valence-corrected chi connectivity index (χ3v) is 2.62. The van der Waals surface area contributed by atoms with Gasteiger partial charge >= 0.3 is 5.97 Å². The number of amides is 1. The number of carbonyl (C=O) groups is 2. The molecule has 0 aliphatic heterocycles. The second kappa shape index (κ2) is 5.67. The van der Waals surface area contributed by atoms with E-state index in [9.17, 15) is 9.59 Å². The highest BCUT2D eigenvalue weighted by Gasteiger charge is 2.13. The van der Waals surface area contributed by atoms with Crippen LogP contribution in [0.1, 0.15) is 31.9 Å². The average molecular weight is 249 g/mol. The Morgan fingerprint density at radius 2 is 1.72 bits per heavy atom. The fraction of sp³-hybridized carbons (Fsp3) is 0.429. The normalized spacial score (nSPS) is 11.1. The number of benzene rings is 1. The van der Waals surface area contributed by atoms with E-state index in [0.29, 0.717) is 0 Å². The lowest BCUT2D eigenvalue weighted by Gasteiger charge is -2.19. The molecule has 0 spiro atoms. The number of carboxylic acid groups (broad SMARTS) is 1. The molecule has 0 radical (unpaired) electrons. The third kappa shape index (κ3) is 4.57. The molecule has 0 fully saturated rings. The number of nitrogens with one attached hydrogen (secondary N) is 1. The van der Waals surface area contributed by atoms with Gasteiger partial charge in [0, 0.05) is 0 Å². The number of hydrogen-bond acceptors (Lipinski definition) is 2. The molecule has 0 aliphatic carbocycles. The first-order valence-electron chi connectivity index (χ1n) is 5.87. The topological polar surface area (TPSA) is 66.4 Å². The zero-order chi connectivity index (χ0) is 13.8. The van der Waals surface area contributed by atoms with Gasteiger partial charge < -0.3 is 10.4 Å². The van der Waals surface area contributed by atoms with Crippen LogP contribution in [0.15, 0.2) is 24.3 Å². The first kappa shape index (κ1) is 14.2. The van der Waals surface area contributed by atoms with E-state index in [2.05, 4.69) is 26.1 Å². The van der Waals surface area contributed by atoms with Crippen LogP contribution in [-0.4, -0.2) is 23.5 Å². The van der Waals surface area contributed by atoms with E-state index in [1.54, 1.807) is 0 Å². The SMILES string of the molecule is CC(C)(C)c1ccc(CC(=O)NCC(=O)O)cc1. The van der Waals surface area contributed by atoms with Gasteiger partial charge in [0.15, 0.2) is 0 Å². The van der Waals surface area contributed by atoms with Gasteiger partial charge in [-0.2, -0.15) is 0 Å². The van der Waals surface area contributed by atoms with Gasteiger partial charge in [-0.1, -0.05) is 45.0 Å². The van der Waals surface area contributed by atoms with Crippen molar-refractivity contribution in [1.82, 2.24) is 5.32 Å². The number of hydrogen-bond donors (Lipinski definition) is 2. The molecule has 0 aliphatic rings. The number of carboxylic acids is 1. The van der Waals surface area contributed by atoms with E-state index in [-0.39, 0.29) is 24.3 Å². The van der Waals surface area contributed by atoms with Crippen molar-refractivity contribution in [3.63, 3.8) is 0 Å². The second-order valence-electron chi connectivity index (χ2n) is 5.29. The molecule has 2 N–H and O–H groups in total. The summed E-state index contributed by atoms with van der Waals surface area (Å²) >= 11 is 0. The highest BCUT2D eigenvalue weighted by atomic mass is 16.4. The van der Waals surface area contributed by atoms with Crippen LogP contribution < -0.4 is 5.32 Å². The van der Waals surface area contributed by atoms with Crippen LogP contribution in [0.25, 0.3) is 0 Å². The predicted molar refractivity (Wildman–Crippen MR) is 69.5 cm³/mol. The quantitative estimate of drug-likeness (QED) is 0.854. The molecule has 1 rings (SSSR count). The maximum absolute atomic E-state index is 11.4. The van der Waals surface area contributed by atoms with E-state index in [1.807, 2.05) is 24.3 Å². The molecular weight excluding hydrogens is 230 g/mol. The van der Waals surface area contributed by atoms with Crippen molar-refractivity contribution in [3.8, 4) is 0 Å². The fourth-order valence-corrected chi connectivity index (χ4v) is 1.54. The van der Waals surface area contributed by atoms with Crippen LogP contribution in [0.3, 0.4) is 0 Å². The van der Waals surface area contributed by atoms with Crippen molar-refractivity contribution in [2.24, 2.45) is 0 Å². The Bertz CT molecular complexity index is 429. The third-order valence-electron chi connectivity index (χ3n) is 2.62. The van der Waals surface area contributed by atoms with Crippen LogP contribution in [-0.2, 0) is 21.4 Å². The van der Waals surface area contributed by atoms with E-state index < -0.39 is 5.97 Å². The highest BCUT2D eigenvalue weighted by molar-refractivity contribution is 5.82. The summed E-state index contributed by atoms with van der Waals surface area (Å²) in [4.78, 5) is 21.7. The van der Waals surface area contributed by atoms with Crippen molar-refractivity contribution >= 4 is 11.9 Å². The van der Waals surface area contributed by atoms with Gasteiger partial charge in [0.05, 0.1) is 6.42 Å². The Morgan fingerprint density at radius 1 is 1.17 bits per heavy atom. The maximum Gasteiger partial charge on any atom is 0.322 e. The molecule has 0 bridgehead atoms. The lowest BCUT2D eigenvalue weighted by Crippen LogP contribution is -2.30. The smallest absolute Gasteiger partial charge is 0.322 e. The molecule has 1 aromatic rings. The van der Waals surface area contributed by atoms with E-state index in [0.717, 1.165) is 5.56 Å². The Hall–Kier alpha value is -1.84. The van der Waals surface area contributed by atoms with Crippen molar-refractivity contribution in [2.75, 3.05) is 6.54 Å². The first-order valence-corrected chi connectivity index (χ1v) is 5.87. The molecule has 0 unspecified atom stereocenters. The van der Waals surface area contributed by atoms with Gasteiger partial charge in [0.1, 0.15) is 6.54 Å². The van der Waals surface area contributed by atoms with E-state index >= 15 is 0 Å². The molecule has 98 valence electrons. The van der Waals surface area contributed by atoms with Crippen molar-refractivity contribution in [3.05, 3.63) is 35.4 Å². The van der Waals surface area contributed by atoms with Crippen LogP contribution >= 0.6 is 0 Å². The van der Waals surface area contributed by atoms with Gasteiger partial charge in [0.25, 0.3) is 0 Å². The largest absolute Gasteiger partial charge is 0.480 e. The number of carbonyl (C=O) groups excluding carboxylic acids is 1. The summed E-state index contributed by atoms with van der Waals surface area (Å²) in [6.07, 6.45) is 0.206. The van der Waals surface area contributed by atoms with Gasteiger partial charge in [-0.25, -0.2) is 0 Å². The van der Waals surface area contributed by atoms with Gasteiger partial charge in [0.2, 0.25) is 5.91 Å². The van der Waals surface area contributed by atoms with Gasteiger partial charge in [-0.3, -0.25) is 9.59 Å². The summed E-state index contributed by atoms with van der Waals surface area (Å²) in [6, 6.07) is 7.81. The molecule has 4 nitrogen and oxygen atoms in total. The summed E-state index contributed by atoms with van der Waals surface area (Å²) in [7, 11) is 0. The van der Waals surface area contributed by atoms with E-state index in [4.69, 9.17) is 5.11 Å². The Kier molecular flexibility index (Phi) is 4.48. The summed E-state index contributed by atoms with van der Waals surface area (Å²) in [5.41, 5.74) is 2.17. The second-order valence-corrected chi connectivity index (χ2v) is 5.29. The van der Waals surface area contributed by atoms with Crippen LogP contribution in [0.4, 0.5) is 0 Å². The summed E-state index contributed by atoms with van der Waals surface area (Å²) in [6.45, 7) is 6.05. The zero-order valence-electron chi connectivity index (χ0n) is 11.0. The van der Waals surface area contributed by atoms with Crippen LogP contribution in [0.5, 0.6) is 0 Å². The average Bonchev–Trinajstić information content (AvgIpc) is 2.26. The van der Waals surface area contributed by atoms with Gasteiger partial charge in [-0.05, 0) is 16.5 Å². The minimum atomic E-state index is -1.04. The molecule has 18 heavy (non-hydrogen) atoms. The Morgan fingerprint density at radius 3 is 2.17 bits per heavy atom. The highest BCUT2D eigenvalue weighted by Crippen LogP contribution is 2.22. The zero-order valence-corrected chi connectivity index (χ0v) is 11.0. The molecule has 0 saturated heterocycles. The monoisotopic (exact) mass is 249 g/mol. The molecule has 4 heteroatoms. The molecule has 0 saturated carbocycles. The van der Waals surface area contributed by atoms with Crippen LogP contribution in [0, 0.1) is 0 Å². The Labute approximate surface area is 107 Å².